The third-order valence-electron chi connectivity index (χ3n) is 2.87. The quantitative estimate of drug-likeness (QED) is 0.806. The van der Waals surface area contributed by atoms with E-state index in [9.17, 15) is 9.59 Å². The van der Waals surface area contributed by atoms with E-state index in [2.05, 4.69) is 5.32 Å². The van der Waals surface area contributed by atoms with Crippen molar-refractivity contribution in [3.63, 3.8) is 0 Å². The molecule has 20 heavy (non-hydrogen) atoms. The maximum atomic E-state index is 11.9. The molecule has 0 aliphatic rings. The zero-order valence-electron chi connectivity index (χ0n) is 11.4. The Morgan fingerprint density at radius 3 is 2.75 bits per heavy atom. The average Bonchev–Trinajstić information content (AvgIpc) is 2.72. The number of hydrogen-bond acceptors (Lipinski definition) is 3. The monoisotopic (exact) mass is 274 g/mol. The number of carbonyl (C=O) groups excluding carboxylic acids is 1. The number of hydrogen-bond donors (Lipinski definition) is 2. The van der Waals surface area contributed by atoms with Crippen molar-refractivity contribution in [1.82, 2.24) is 9.13 Å². The lowest BCUT2D eigenvalue weighted by atomic mass is 10.3. The molecule has 0 saturated heterocycles. The lowest BCUT2D eigenvalue weighted by Gasteiger charge is -2.06. The molecule has 6 nitrogen and oxygen atoms in total. The highest BCUT2D eigenvalue weighted by atomic mass is 16.2. The molecule has 1 aromatic carbocycles. The Morgan fingerprint density at radius 1 is 1.30 bits per heavy atom. The number of nitrogens with two attached hydrogens (primary N) is 1. The zero-order valence-corrected chi connectivity index (χ0v) is 11.4. The SMILES string of the molecule is CCCn1ccn(CC(=O)Nc2cccc(N)c2)c1=O. The number of imidazole rings is 1. The van der Waals surface area contributed by atoms with Gasteiger partial charge in [0.05, 0.1) is 0 Å². The molecule has 0 spiro atoms. The Hall–Kier alpha value is -2.50. The number of anilines is 2. The molecular weight excluding hydrogens is 256 g/mol. The summed E-state index contributed by atoms with van der Waals surface area (Å²) in [5, 5.41) is 2.71. The van der Waals surface area contributed by atoms with E-state index in [1.54, 1.807) is 41.2 Å². The van der Waals surface area contributed by atoms with Crippen molar-refractivity contribution < 1.29 is 4.79 Å². The van der Waals surface area contributed by atoms with Crippen molar-refractivity contribution in [3.8, 4) is 0 Å². The minimum Gasteiger partial charge on any atom is -0.399 e. The number of aromatic nitrogens is 2. The van der Waals surface area contributed by atoms with Gasteiger partial charge in [0.25, 0.3) is 0 Å². The number of nitrogens with zero attached hydrogens (tertiary/aromatic N) is 2. The van der Waals surface area contributed by atoms with Crippen LogP contribution in [0.3, 0.4) is 0 Å². The third kappa shape index (κ3) is 3.28. The van der Waals surface area contributed by atoms with Crippen molar-refractivity contribution in [1.29, 1.82) is 0 Å². The summed E-state index contributed by atoms with van der Waals surface area (Å²) in [6.07, 6.45) is 4.19. The van der Waals surface area contributed by atoms with Crippen LogP contribution < -0.4 is 16.7 Å². The molecule has 1 aromatic heterocycles. The van der Waals surface area contributed by atoms with Crippen LogP contribution in [0.4, 0.5) is 11.4 Å². The molecule has 0 aliphatic carbocycles. The number of nitrogen functional groups attached to an aromatic ring is 1. The predicted molar refractivity (Wildman–Crippen MR) is 78.5 cm³/mol. The van der Waals surface area contributed by atoms with Crippen LogP contribution in [-0.4, -0.2) is 15.0 Å². The summed E-state index contributed by atoms with van der Waals surface area (Å²) in [5.41, 5.74) is 6.67. The summed E-state index contributed by atoms with van der Waals surface area (Å²) in [6.45, 7) is 2.64. The Bertz CT molecular complexity index is 657. The minimum absolute atomic E-state index is 0.00958. The van der Waals surface area contributed by atoms with Gasteiger partial charge in [0.1, 0.15) is 6.54 Å². The lowest BCUT2D eigenvalue weighted by molar-refractivity contribution is -0.116. The molecule has 3 N–H and O–H groups in total. The summed E-state index contributed by atoms with van der Waals surface area (Å²) in [5.74, 6) is -0.257. The second-order valence-electron chi connectivity index (χ2n) is 4.58. The summed E-state index contributed by atoms with van der Waals surface area (Å²) in [6, 6.07) is 6.92. The van der Waals surface area contributed by atoms with Gasteiger partial charge in [-0.25, -0.2) is 4.79 Å². The van der Waals surface area contributed by atoms with Crippen molar-refractivity contribution in [2.75, 3.05) is 11.1 Å². The van der Waals surface area contributed by atoms with Crippen molar-refractivity contribution >= 4 is 17.3 Å². The maximum absolute atomic E-state index is 11.9. The highest BCUT2D eigenvalue weighted by Gasteiger charge is 2.08. The Kier molecular flexibility index (Phi) is 4.24. The van der Waals surface area contributed by atoms with E-state index in [0.717, 1.165) is 6.42 Å². The van der Waals surface area contributed by atoms with Gasteiger partial charge >= 0.3 is 5.69 Å². The molecule has 6 heteroatoms. The fourth-order valence-electron chi connectivity index (χ4n) is 1.96. The normalized spacial score (nSPS) is 10.4. The smallest absolute Gasteiger partial charge is 0.328 e. The fraction of sp³-hybridized carbons (Fsp3) is 0.286. The summed E-state index contributed by atoms with van der Waals surface area (Å²) in [4.78, 5) is 23.8. The van der Waals surface area contributed by atoms with Gasteiger partial charge in [-0.3, -0.25) is 13.9 Å². The van der Waals surface area contributed by atoms with Crippen LogP contribution in [0.25, 0.3) is 0 Å². The molecule has 0 bridgehead atoms. The average molecular weight is 274 g/mol. The first-order valence-corrected chi connectivity index (χ1v) is 6.51. The molecule has 106 valence electrons. The molecule has 0 aliphatic heterocycles. The van der Waals surface area contributed by atoms with Crippen molar-refractivity contribution in [2.24, 2.45) is 0 Å². The van der Waals surface area contributed by atoms with Crippen LogP contribution in [-0.2, 0) is 17.9 Å². The van der Waals surface area contributed by atoms with E-state index < -0.39 is 0 Å². The molecule has 0 unspecified atom stereocenters. The number of amides is 1. The molecule has 2 aromatic rings. The fourth-order valence-corrected chi connectivity index (χ4v) is 1.96. The van der Waals surface area contributed by atoms with Crippen LogP contribution in [0.2, 0.25) is 0 Å². The molecule has 0 fully saturated rings. The molecule has 0 atom stereocenters. The number of rotatable bonds is 5. The van der Waals surface area contributed by atoms with E-state index in [4.69, 9.17) is 5.73 Å². The highest BCUT2D eigenvalue weighted by molar-refractivity contribution is 5.90. The predicted octanol–water partition coefficient (Wildman–Crippen LogP) is 1.28. The van der Waals surface area contributed by atoms with E-state index >= 15 is 0 Å². The van der Waals surface area contributed by atoms with Gasteiger partial charge in [0.2, 0.25) is 5.91 Å². The topological polar surface area (TPSA) is 82.1 Å². The standard InChI is InChI=1S/C14H18N4O2/c1-2-6-17-7-8-18(14(17)20)10-13(19)16-12-5-3-4-11(15)9-12/h3-5,7-9H,2,6,10,15H2,1H3,(H,16,19). The van der Waals surface area contributed by atoms with E-state index in [1.807, 2.05) is 6.92 Å². The van der Waals surface area contributed by atoms with Crippen molar-refractivity contribution in [2.45, 2.75) is 26.4 Å². The van der Waals surface area contributed by atoms with Gasteiger partial charge in [0.15, 0.2) is 0 Å². The van der Waals surface area contributed by atoms with Gasteiger partial charge in [0, 0.05) is 30.3 Å². The highest BCUT2D eigenvalue weighted by Crippen LogP contribution is 2.11. The Balaban J connectivity index is 2.03. The van der Waals surface area contributed by atoms with Crippen LogP contribution in [0.15, 0.2) is 41.5 Å². The summed E-state index contributed by atoms with van der Waals surface area (Å²) in [7, 11) is 0. The second-order valence-corrected chi connectivity index (χ2v) is 4.58. The molecule has 0 saturated carbocycles. The summed E-state index contributed by atoms with van der Waals surface area (Å²) >= 11 is 0. The van der Waals surface area contributed by atoms with E-state index in [-0.39, 0.29) is 18.1 Å². The van der Waals surface area contributed by atoms with Crippen LogP contribution in [0.1, 0.15) is 13.3 Å². The maximum Gasteiger partial charge on any atom is 0.328 e. The molecule has 2 rings (SSSR count). The van der Waals surface area contributed by atoms with Crippen molar-refractivity contribution in [3.05, 3.63) is 47.1 Å². The third-order valence-corrected chi connectivity index (χ3v) is 2.87. The van der Waals surface area contributed by atoms with Gasteiger partial charge in [-0.2, -0.15) is 0 Å². The molecule has 1 heterocycles. The largest absolute Gasteiger partial charge is 0.399 e. The Labute approximate surface area is 116 Å². The van der Waals surface area contributed by atoms with Crippen LogP contribution >= 0.6 is 0 Å². The number of benzene rings is 1. The van der Waals surface area contributed by atoms with E-state index in [0.29, 0.717) is 17.9 Å². The van der Waals surface area contributed by atoms with Gasteiger partial charge in [-0.05, 0) is 24.6 Å². The molecule has 0 radical (unpaired) electrons. The first-order valence-electron chi connectivity index (χ1n) is 6.51. The van der Waals surface area contributed by atoms with Gasteiger partial charge < -0.3 is 11.1 Å². The number of carbonyl (C=O) groups is 1. The van der Waals surface area contributed by atoms with E-state index in [1.165, 1.54) is 4.57 Å². The zero-order chi connectivity index (χ0) is 14.5. The van der Waals surface area contributed by atoms with Crippen LogP contribution in [0.5, 0.6) is 0 Å². The van der Waals surface area contributed by atoms with Gasteiger partial charge in [-0.1, -0.05) is 13.0 Å². The number of nitrogens with one attached hydrogen (secondary N) is 1. The Morgan fingerprint density at radius 2 is 2.05 bits per heavy atom. The first kappa shape index (κ1) is 13.9. The lowest BCUT2D eigenvalue weighted by Crippen LogP contribution is -2.29. The van der Waals surface area contributed by atoms with Gasteiger partial charge in [-0.15, -0.1) is 0 Å². The van der Waals surface area contributed by atoms with Crippen LogP contribution in [0, 0.1) is 0 Å². The second kappa shape index (κ2) is 6.10. The first-order chi connectivity index (χ1) is 9.60. The molecule has 1 amide bonds. The summed E-state index contributed by atoms with van der Waals surface area (Å²) < 4.78 is 2.98. The number of aryl methyl sites for hydroxylation is 1. The molecular formula is C14H18N4O2. The minimum atomic E-state index is -0.257.